The van der Waals surface area contributed by atoms with E-state index in [0.29, 0.717) is 5.56 Å². The molecule has 1 aromatic carbocycles. The summed E-state index contributed by atoms with van der Waals surface area (Å²) in [7, 11) is -4.19. The molecular weight excluding hydrogens is 471 g/mol. The van der Waals surface area contributed by atoms with Gasteiger partial charge in [0.05, 0.1) is 17.1 Å². The minimum atomic E-state index is -4.19. The predicted octanol–water partition coefficient (Wildman–Crippen LogP) is 4.73. The van der Waals surface area contributed by atoms with Crippen LogP contribution in [0.5, 0.6) is 0 Å². The normalized spacial score (nSPS) is 12.1. The summed E-state index contributed by atoms with van der Waals surface area (Å²) in [6.45, 7) is 7.37. The fraction of sp³-hybridized carbons (Fsp3) is 0.318. The van der Waals surface area contributed by atoms with Crippen LogP contribution in [0, 0.1) is 18.2 Å². The highest BCUT2D eigenvalue weighted by Crippen LogP contribution is 2.27. The first kappa shape index (κ1) is 24.7. The summed E-state index contributed by atoms with van der Waals surface area (Å²) in [6, 6.07) is 8.18. The van der Waals surface area contributed by atoms with Crippen molar-refractivity contribution in [1.82, 2.24) is 19.7 Å². The number of rotatable bonds is 6. The Kier molecular flexibility index (Phi) is 6.80. The maximum absolute atomic E-state index is 14.8. The quantitative estimate of drug-likeness (QED) is 0.497. The van der Waals surface area contributed by atoms with Gasteiger partial charge in [0.25, 0.3) is 0 Å². The van der Waals surface area contributed by atoms with Crippen LogP contribution in [0.2, 0.25) is 5.15 Å². The molecule has 0 bridgehead atoms. The Labute approximate surface area is 196 Å². The Morgan fingerprint density at radius 2 is 1.91 bits per heavy atom. The number of carbonyl (C=O) groups is 1. The maximum Gasteiger partial charge on any atom is 0.407 e. The molecule has 0 aliphatic rings. The molecule has 11 heteroatoms. The van der Waals surface area contributed by atoms with Crippen LogP contribution in [0.4, 0.5) is 9.18 Å². The second kappa shape index (κ2) is 9.11. The molecule has 3 rings (SSSR count). The van der Waals surface area contributed by atoms with E-state index >= 15 is 0 Å². The highest BCUT2D eigenvalue weighted by Gasteiger charge is 2.28. The summed E-state index contributed by atoms with van der Waals surface area (Å²) >= 11 is 5.78. The van der Waals surface area contributed by atoms with Gasteiger partial charge in [0.2, 0.25) is 9.84 Å². The lowest BCUT2D eigenvalue weighted by Crippen LogP contribution is -2.36. The number of halogens is 2. The molecule has 176 valence electrons. The first-order valence-electron chi connectivity index (χ1n) is 9.98. The lowest BCUT2D eigenvalue weighted by molar-refractivity contribution is 0.122. The van der Waals surface area contributed by atoms with Crippen LogP contribution in [-0.4, -0.2) is 45.8 Å². The van der Waals surface area contributed by atoms with Gasteiger partial charge in [-0.3, -0.25) is 0 Å². The zero-order chi connectivity index (χ0) is 24.6. The molecule has 33 heavy (non-hydrogen) atoms. The first-order valence-corrected chi connectivity index (χ1v) is 11.8. The van der Waals surface area contributed by atoms with Gasteiger partial charge in [-0.25, -0.2) is 27.3 Å². The molecule has 8 nitrogen and oxygen atoms in total. The van der Waals surface area contributed by atoms with Crippen LogP contribution in [-0.2, 0) is 16.4 Å². The summed E-state index contributed by atoms with van der Waals surface area (Å²) in [5.74, 6) is -0.667. The predicted molar refractivity (Wildman–Crippen MR) is 121 cm³/mol. The van der Waals surface area contributed by atoms with E-state index in [0.717, 1.165) is 15.8 Å². The number of carboxylic acid groups (broad SMARTS) is 1. The standard InChI is InChI=1S/C22H24ClFN4O4S/c1-14-5-7-18(17(24)9-14)28-20(33(31,32)16-6-8-19(23)25-11-16)10-15(26-28)12-27(21(29)30)13-22(2,3)4/h5-11H,12-13H2,1-4H3,(H,29,30). The number of hydrogen-bond acceptors (Lipinski definition) is 5. The molecule has 0 unspecified atom stereocenters. The molecule has 2 aromatic heterocycles. The number of amides is 1. The van der Waals surface area contributed by atoms with Gasteiger partial charge in [-0.15, -0.1) is 0 Å². The van der Waals surface area contributed by atoms with Crippen molar-refractivity contribution < 1.29 is 22.7 Å². The Hall–Kier alpha value is -2.98. The van der Waals surface area contributed by atoms with Crippen LogP contribution in [0.25, 0.3) is 5.69 Å². The number of nitrogens with zero attached hydrogens (tertiary/aromatic N) is 4. The van der Waals surface area contributed by atoms with Gasteiger partial charge in [-0.05, 0) is 42.2 Å². The minimum Gasteiger partial charge on any atom is -0.465 e. The third kappa shape index (κ3) is 5.69. The molecule has 0 spiro atoms. The van der Waals surface area contributed by atoms with Gasteiger partial charge in [-0.1, -0.05) is 38.4 Å². The van der Waals surface area contributed by atoms with Crippen LogP contribution >= 0.6 is 11.6 Å². The molecule has 1 amide bonds. The number of pyridine rings is 1. The van der Waals surface area contributed by atoms with E-state index in [1.807, 2.05) is 20.8 Å². The van der Waals surface area contributed by atoms with E-state index in [4.69, 9.17) is 11.6 Å². The van der Waals surface area contributed by atoms with Gasteiger partial charge in [-0.2, -0.15) is 5.10 Å². The van der Waals surface area contributed by atoms with Crippen molar-refractivity contribution in [2.75, 3.05) is 6.54 Å². The van der Waals surface area contributed by atoms with E-state index in [9.17, 15) is 22.7 Å². The molecule has 3 aromatic rings. The summed E-state index contributed by atoms with van der Waals surface area (Å²) in [6.07, 6.45) is -0.0733. The molecule has 1 N–H and O–H groups in total. The minimum absolute atomic E-state index is 0.0787. The van der Waals surface area contributed by atoms with Crippen molar-refractivity contribution in [3.8, 4) is 5.69 Å². The number of sulfone groups is 1. The SMILES string of the molecule is Cc1ccc(-n2nc(CN(CC(C)(C)C)C(=O)O)cc2S(=O)(=O)c2ccc(Cl)nc2)c(F)c1. The highest BCUT2D eigenvalue weighted by atomic mass is 35.5. The first-order chi connectivity index (χ1) is 15.3. The van der Waals surface area contributed by atoms with Crippen molar-refractivity contribution in [2.45, 2.75) is 44.2 Å². The Morgan fingerprint density at radius 3 is 2.45 bits per heavy atom. The zero-order valence-electron chi connectivity index (χ0n) is 18.6. The molecule has 0 fully saturated rings. The summed E-state index contributed by atoms with van der Waals surface area (Å²) in [5, 5.41) is 13.7. The third-order valence-electron chi connectivity index (χ3n) is 4.63. The molecule has 0 aliphatic carbocycles. The molecule has 0 aliphatic heterocycles. The van der Waals surface area contributed by atoms with Crippen molar-refractivity contribution in [3.63, 3.8) is 0 Å². The lowest BCUT2D eigenvalue weighted by Gasteiger charge is -2.27. The summed E-state index contributed by atoms with van der Waals surface area (Å²) < 4.78 is 42.5. The van der Waals surface area contributed by atoms with E-state index in [1.165, 1.54) is 30.3 Å². The van der Waals surface area contributed by atoms with Gasteiger partial charge >= 0.3 is 6.09 Å². The van der Waals surface area contributed by atoms with E-state index in [-0.39, 0.29) is 45.0 Å². The number of aryl methyl sites for hydroxylation is 1. The number of aromatic nitrogens is 3. The highest BCUT2D eigenvalue weighted by molar-refractivity contribution is 7.91. The van der Waals surface area contributed by atoms with Gasteiger partial charge in [0, 0.05) is 18.8 Å². The molecule has 0 saturated carbocycles. The van der Waals surface area contributed by atoms with Crippen LogP contribution in [0.1, 0.15) is 32.0 Å². The van der Waals surface area contributed by atoms with Gasteiger partial charge < -0.3 is 10.0 Å². The van der Waals surface area contributed by atoms with E-state index in [1.54, 1.807) is 13.0 Å². The monoisotopic (exact) mass is 494 g/mol. The summed E-state index contributed by atoms with van der Waals surface area (Å²) in [4.78, 5) is 16.6. The maximum atomic E-state index is 14.8. The zero-order valence-corrected chi connectivity index (χ0v) is 20.2. The third-order valence-corrected chi connectivity index (χ3v) is 6.56. The van der Waals surface area contributed by atoms with Crippen LogP contribution in [0.15, 0.2) is 52.5 Å². The second-order valence-electron chi connectivity index (χ2n) is 8.86. The van der Waals surface area contributed by atoms with Crippen molar-refractivity contribution >= 4 is 27.5 Å². The second-order valence-corrected chi connectivity index (χ2v) is 11.1. The topological polar surface area (TPSA) is 105 Å². The fourth-order valence-corrected chi connectivity index (χ4v) is 4.69. The van der Waals surface area contributed by atoms with E-state index < -0.39 is 21.7 Å². The fourth-order valence-electron chi connectivity index (χ4n) is 3.24. The molecule has 0 radical (unpaired) electrons. The molecular formula is C22H24ClFN4O4S. The van der Waals surface area contributed by atoms with Crippen molar-refractivity contribution in [2.24, 2.45) is 5.41 Å². The van der Waals surface area contributed by atoms with E-state index in [2.05, 4.69) is 10.1 Å². The average molecular weight is 495 g/mol. The molecule has 2 heterocycles. The molecule has 0 atom stereocenters. The Balaban J connectivity index is 2.16. The number of hydrogen-bond donors (Lipinski definition) is 1. The summed E-state index contributed by atoms with van der Waals surface area (Å²) in [5.41, 5.74) is 0.387. The van der Waals surface area contributed by atoms with Crippen LogP contribution in [0.3, 0.4) is 0 Å². The Morgan fingerprint density at radius 1 is 1.21 bits per heavy atom. The molecule has 0 saturated heterocycles. The average Bonchev–Trinajstić information content (AvgIpc) is 3.11. The van der Waals surface area contributed by atoms with Gasteiger partial charge in [0.15, 0.2) is 5.03 Å². The van der Waals surface area contributed by atoms with Gasteiger partial charge in [0.1, 0.15) is 16.7 Å². The largest absolute Gasteiger partial charge is 0.465 e. The smallest absolute Gasteiger partial charge is 0.407 e. The Bertz CT molecular complexity index is 1280. The van der Waals surface area contributed by atoms with Crippen molar-refractivity contribution in [1.29, 1.82) is 0 Å². The van der Waals surface area contributed by atoms with Crippen molar-refractivity contribution in [3.05, 3.63) is 64.8 Å². The lowest BCUT2D eigenvalue weighted by atomic mass is 9.96. The number of benzene rings is 1. The van der Waals surface area contributed by atoms with Crippen LogP contribution < -0.4 is 0 Å².